The first-order chi connectivity index (χ1) is 15.2. The number of rotatable bonds is 8. The molecule has 0 spiro atoms. The van der Waals surface area contributed by atoms with Gasteiger partial charge in [-0.1, -0.05) is 12.1 Å². The van der Waals surface area contributed by atoms with Gasteiger partial charge < -0.3 is 20.1 Å². The van der Waals surface area contributed by atoms with Crippen molar-refractivity contribution in [2.45, 2.75) is 4.90 Å². The number of hydrogen-bond donors (Lipinski definition) is 3. The van der Waals surface area contributed by atoms with Crippen molar-refractivity contribution >= 4 is 33.2 Å². The monoisotopic (exact) mass is 455 g/mol. The Morgan fingerprint density at radius 1 is 0.875 bits per heavy atom. The Bertz CT molecular complexity index is 1230. The second kappa shape index (κ2) is 9.94. The predicted octanol–water partition coefficient (Wildman–Crippen LogP) is 2.61. The van der Waals surface area contributed by atoms with Crippen LogP contribution in [0.5, 0.6) is 11.5 Å². The predicted molar refractivity (Wildman–Crippen MR) is 119 cm³/mol. The molecule has 166 valence electrons. The average molecular weight is 455 g/mol. The molecule has 4 N–H and O–H groups in total. The quantitative estimate of drug-likeness (QED) is 0.478. The Morgan fingerprint density at radius 3 is 2.19 bits per heavy atom. The summed E-state index contributed by atoms with van der Waals surface area (Å²) in [5.74, 6) is 0.223. The van der Waals surface area contributed by atoms with Gasteiger partial charge in [-0.2, -0.15) is 0 Å². The summed E-state index contributed by atoms with van der Waals surface area (Å²) in [5.41, 5.74) is 1.19. The van der Waals surface area contributed by atoms with E-state index in [2.05, 4.69) is 10.6 Å². The van der Waals surface area contributed by atoms with Gasteiger partial charge in [0.25, 0.3) is 11.8 Å². The number of benzene rings is 3. The average Bonchev–Trinajstić information content (AvgIpc) is 2.78. The maximum absolute atomic E-state index is 12.4. The molecule has 2 amide bonds. The lowest BCUT2D eigenvalue weighted by atomic mass is 10.2. The molecule has 10 heteroatoms. The molecule has 0 radical (unpaired) electrons. The molecule has 0 saturated carbocycles. The molecule has 3 aromatic carbocycles. The van der Waals surface area contributed by atoms with Crippen LogP contribution in [0.4, 0.5) is 11.4 Å². The molecule has 0 atom stereocenters. The summed E-state index contributed by atoms with van der Waals surface area (Å²) in [6.45, 7) is -0.219. The Balaban J connectivity index is 1.55. The highest BCUT2D eigenvalue weighted by Gasteiger charge is 2.11. The first kappa shape index (κ1) is 22.8. The summed E-state index contributed by atoms with van der Waals surface area (Å²) >= 11 is 0. The van der Waals surface area contributed by atoms with Crippen LogP contribution in [0.1, 0.15) is 10.4 Å². The molecule has 0 aliphatic carbocycles. The van der Waals surface area contributed by atoms with Crippen molar-refractivity contribution < 1.29 is 27.5 Å². The van der Waals surface area contributed by atoms with E-state index in [4.69, 9.17) is 14.6 Å². The molecule has 0 aromatic heterocycles. The summed E-state index contributed by atoms with van der Waals surface area (Å²) in [6.07, 6.45) is 0. The molecular weight excluding hydrogens is 434 g/mol. The van der Waals surface area contributed by atoms with Gasteiger partial charge in [0.1, 0.15) is 11.5 Å². The van der Waals surface area contributed by atoms with Crippen LogP contribution >= 0.6 is 0 Å². The molecule has 3 rings (SSSR count). The van der Waals surface area contributed by atoms with Crippen molar-refractivity contribution in [1.29, 1.82) is 0 Å². The molecule has 0 fully saturated rings. The highest BCUT2D eigenvalue weighted by Crippen LogP contribution is 2.18. The molecule has 0 saturated heterocycles. The van der Waals surface area contributed by atoms with E-state index in [1.165, 1.54) is 37.4 Å². The fourth-order valence-corrected chi connectivity index (χ4v) is 3.26. The van der Waals surface area contributed by atoms with E-state index in [0.717, 1.165) is 0 Å². The van der Waals surface area contributed by atoms with Gasteiger partial charge in [0, 0.05) is 23.0 Å². The molecular formula is C22H21N3O6S. The Kier molecular flexibility index (Phi) is 7.08. The molecule has 32 heavy (non-hydrogen) atoms. The number of methoxy groups -OCH3 is 1. The summed E-state index contributed by atoms with van der Waals surface area (Å²) in [6, 6.07) is 18.7. The molecule has 0 bridgehead atoms. The molecule has 0 aliphatic rings. The maximum Gasteiger partial charge on any atom is 0.262 e. The van der Waals surface area contributed by atoms with E-state index < -0.39 is 15.9 Å². The van der Waals surface area contributed by atoms with Gasteiger partial charge in [-0.25, -0.2) is 13.6 Å². The summed E-state index contributed by atoms with van der Waals surface area (Å²) in [4.78, 5) is 24.4. The van der Waals surface area contributed by atoms with Crippen LogP contribution in [0.2, 0.25) is 0 Å². The maximum atomic E-state index is 12.4. The first-order valence-corrected chi connectivity index (χ1v) is 10.9. The van der Waals surface area contributed by atoms with Crippen LogP contribution in [0, 0.1) is 0 Å². The fourth-order valence-electron chi connectivity index (χ4n) is 2.70. The van der Waals surface area contributed by atoms with Crippen molar-refractivity contribution in [3.05, 3.63) is 78.4 Å². The zero-order chi connectivity index (χ0) is 23.1. The van der Waals surface area contributed by atoms with Crippen LogP contribution < -0.4 is 25.2 Å². The van der Waals surface area contributed by atoms with Crippen LogP contribution in [0.25, 0.3) is 0 Å². The van der Waals surface area contributed by atoms with Gasteiger partial charge in [-0.3, -0.25) is 9.59 Å². The fraction of sp³-hybridized carbons (Fsp3) is 0.0909. The highest BCUT2D eigenvalue weighted by molar-refractivity contribution is 7.89. The SMILES string of the molecule is COc1cccc(NC(=O)COc2ccc(C(=O)Nc3cccc(S(N)(=O)=O)c3)cc2)c1. The minimum Gasteiger partial charge on any atom is -0.497 e. The lowest BCUT2D eigenvalue weighted by Gasteiger charge is -2.10. The normalized spacial score (nSPS) is 10.8. The minimum absolute atomic E-state index is 0.105. The molecule has 3 aromatic rings. The number of nitrogens with two attached hydrogens (primary N) is 1. The number of amides is 2. The van der Waals surface area contributed by atoms with Gasteiger partial charge in [0.2, 0.25) is 10.0 Å². The standard InChI is InChI=1S/C22H21N3O6S/c1-30-19-6-2-4-16(12-19)24-21(26)14-31-18-10-8-15(9-11-18)22(27)25-17-5-3-7-20(13-17)32(23,28)29/h2-13H,14H2,1H3,(H,24,26)(H,25,27)(H2,23,28,29). The minimum atomic E-state index is -3.88. The van der Waals surface area contributed by atoms with Crippen molar-refractivity contribution in [3.63, 3.8) is 0 Å². The third-order valence-electron chi connectivity index (χ3n) is 4.26. The van der Waals surface area contributed by atoms with Gasteiger partial charge in [-0.15, -0.1) is 0 Å². The van der Waals surface area contributed by atoms with E-state index in [0.29, 0.717) is 22.7 Å². The van der Waals surface area contributed by atoms with Crippen molar-refractivity contribution in [2.24, 2.45) is 5.14 Å². The first-order valence-electron chi connectivity index (χ1n) is 9.35. The molecule has 9 nitrogen and oxygen atoms in total. The third kappa shape index (κ3) is 6.30. The number of nitrogens with one attached hydrogen (secondary N) is 2. The van der Waals surface area contributed by atoms with Crippen molar-refractivity contribution in [3.8, 4) is 11.5 Å². The number of primary sulfonamides is 1. The van der Waals surface area contributed by atoms with Crippen molar-refractivity contribution in [1.82, 2.24) is 0 Å². The summed E-state index contributed by atoms with van der Waals surface area (Å²) in [7, 11) is -2.34. The number of sulfonamides is 1. The number of hydrogen-bond acceptors (Lipinski definition) is 6. The Morgan fingerprint density at radius 2 is 1.53 bits per heavy atom. The molecule has 0 heterocycles. The van der Waals surface area contributed by atoms with Gasteiger partial charge in [0.15, 0.2) is 6.61 Å². The van der Waals surface area contributed by atoms with E-state index in [1.807, 2.05) is 0 Å². The number of carbonyl (C=O) groups excluding carboxylic acids is 2. The summed E-state index contributed by atoms with van der Waals surface area (Å²) in [5, 5.41) is 10.4. The largest absolute Gasteiger partial charge is 0.497 e. The van der Waals surface area contributed by atoms with Crippen LogP contribution in [0.15, 0.2) is 77.7 Å². The Hall–Kier alpha value is -3.89. The van der Waals surface area contributed by atoms with Crippen LogP contribution in [-0.4, -0.2) is 33.9 Å². The highest BCUT2D eigenvalue weighted by atomic mass is 32.2. The van der Waals surface area contributed by atoms with E-state index in [1.54, 1.807) is 42.5 Å². The number of carbonyl (C=O) groups is 2. The van der Waals surface area contributed by atoms with Gasteiger partial charge >= 0.3 is 0 Å². The van der Waals surface area contributed by atoms with Crippen LogP contribution in [0.3, 0.4) is 0 Å². The zero-order valence-electron chi connectivity index (χ0n) is 17.1. The lowest BCUT2D eigenvalue weighted by molar-refractivity contribution is -0.118. The Labute approximate surface area is 185 Å². The lowest BCUT2D eigenvalue weighted by Crippen LogP contribution is -2.20. The molecule has 0 unspecified atom stereocenters. The van der Waals surface area contributed by atoms with Gasteiger partial charge in [-0.05, 0) is 54.6 Å². The van der Waals surface area contributed by atoms with E-state index >= 15 is 0 Å². The molecule has 0 aliphatic heterocycles. The second-order valence-corrected chi connectivity index (χ2v) is 8.18. The van der Waals surface area contributed by atoms with Crippen molar-refractivity contribution in [2.75, 3.05) is 24.4 Å². The smallest absolute Gasteiger partial charge is 0.262 e. The van der Waals surface area contributed by atoms with Gasteiger partial charge in [0.05, 0.1) is 12.0 Å². The zero-order valence-corrected chi connectivity index (χ0v) is 17.9. The third-order valence-corrected chi connectivity index (χ3v) is 5.17. The topological polar surface area (TPSA) is 137 Å². The van der Waals surface area contributed by atoms with E-state index in [-0.39, 0.29) is 23.1 Å². The number of anilines is 2. The summed E-state index contributed by atoms with van der Waals surface area (Å²) < 4.78 is 33.4. The number of ether oxygens (including phenoxy) is 2. The van der Waals surface area contributed by atoms with Crippen LogP contribution in [-0.2, 0) is 14.8 Å². The second-order valence-electron chi connectivity index (χ2n) is 6.62. The van der Waals surface area contributed by atoms with E-state index in [9.17, 15) is 18.0 Å².